The molecule has 0 heterocycles. The zero-order chi connectivity index (χ0) is 18.4. The monoisotopic (exact) mass is 348 g/mol. The van der Waals surface area contributed by atoms with Gasteiger partial charge in [0.2, 0.25) is 0 Å². The summed E-state index contributed by atoms with van der Waals surface area (Å²) in [7, 11) is 1.60. The molecule has 5 heteroatoms. The van der Waals surface area contributed by atoms with Crippen molar-refractivity contribution in [1.29, 1.82) is 0 Å². The molecule has 0 spiro atoms. The lowest BCUT2D eigenvalue weighted by atomic mass is 9.93. The summed E-state index contributed by atoms with van der Waals surface area (Å²) in [6, 6.07) is 24.5. The van der Waals surface area contributed by atoms with Crippen molar-refractivity contribution in [2.75, 3.05) is 12.4 Å². The molecule has 0 fully saturated rings. The fraction of sp³-hybridized carbons (Fsp3) is 0.143. The number of hydrogen-bond acceptors (Lipinski definition) is 4. The molecule has 5 nitrogen and oxygen atoms in total. The van der Waals surface area contributed by atoms with Gasteiger partial charge in [0.1, 0.15) is 11.8 Å². The maximum Gasteiger partial charge on any atom is 0.261 e. The van der Waals surface area contributed by atoms with Gasteiger partial charge >= 0.3 is 0 Å². The van der Waals surface area contributed by atoms with Crippen LogP contribution in [0.1, 0.15) is 23.2 Å². The molecule has 0 aromatic heterocycles. The third kappa shape index (κ3) is 4.00. The average molecular weight is 348 g/mol. The second-order valence-corrected chi connectivity index (χ2v) is 5.90. The summed E-state index contributed by atoms with van der Waals surface area (Å²) in [4.78, 5) is 11.7. The molecule has 2 unspecified atom stereocenters. The molecule has 0 aliphatic carbocycles. The topological polar surface area (TPSA) is 64.4 Å². The van der Waals surface area contributed by atoms with Gasteiger partial charge < -0.3 is 10.1 Å². The number of methoxy groups -OCH3 is 1. The summed E-state index contributed by atoms with van der Waals surface area (Å²) < 4.78 is 5.18. The van der Waals surface area contributed by atoms with Crippen molar-refractivity contribution in [3.8, 4) is 5.75 Å². The minimum atomic E-state index is -0.916. The predicted octanol–water partition coefficient (Wildman–Crippen LogP) is 4.87. The van der Waals surface area contributed by atoms with E-state index < -0.39 is 12.1 Å². The van der Waals surface area contributed by atoms with E-state index in [2.05, 4.69) is 5.32 Å². The Bertz CT molecular complexity index is 836. The largest absolute Gasteiger partial charge is 0.497 e. The molecule has 1 N–H and O–H groups in total. The van der Waals surface area contributed by atoms with E-state index in [1.165, 1.54) is 0 Å². The first-order valence-electron chi connectivity index (χ1n) is 8.33. The molecule has 26 heavy (non-hydrogen) atoms. The Morgan fingerprint density at radius 3 is 1.88 bits per heavy atom. The van der Waals surface area contributed by atoms with Crippen LogP contribution in [-0.2, 0) is 0 Å². The standard InChI is InChI=1S/C21H20N2O3/c1-26-19-14-12-18(13-15-19)22-20(16-8-4-2-5-9-16)21(23(24)25)17-10-6-3-7-11-17/h2-15,20-22H,1H3. The van der Waals surface area contributed by atoms with E-state index in [1.54, 1.807) is 19.2 Å². The van der Waals surface area contributed by atoms with E-state index in [4.69, 9.17) is 4.74 Å². The van der Waals surface area contributed by atoms with Gasteiger partial charge in [0, 0.05) is 16.2 Å². The fourth-order valence-corrected chi connectivity index (χ4v) is 2.96. The molecule has 3 aromatic carbocycles. The maximum absolute atomic E-state index is 12.0. The summed E-state index contributed by atoms with van der Waals surface area (Å²) in [5.41, 5.74) is 2.31. The Kier molecular flexibility index (Phi) is 5.49. The second kappa shape index (κ2) is 8.16. The number of rotatable bonds is 7. The summed E-state index contributed by atoms with van der Waals surface area (Å²) >= 11 is 0. The number of hydrogen-bond donors (Lipinski definition) is 1. The Balaban J connectivity index is 2.00. The average Bonchev–Trinajstić information content (AvgIpc) is 2.69. The van der Waals surface area contributed by atoms with Gasteiger partial charge in [0.05, 0.1) is 7.11 Å². The molecule has 3 aromatic rings. The van der Waals surface area contributed by atoms with Gasteiger partial charge in [-0.3, -0.25) is 10.1 Å². The molecule has 0 saturated carbocycles. The molecule has 2 atom stereocenters. The second-order valence-electron chi connectivity index (χ2n) is 5.90. The number of nitrogens with zero attached hydrogens (tertiary/aromatic N) is 1. The van der Waals surface area contributed by atoms with Gasteiger partial charge in [-0.1, -0.05) is 60.7 Å². The van der Waals surface area contributed by atoms with Gasteiger partial charge in [-0.15, -0.1) is 0 Å². The van der Waals surface area contributed by atoms with Crippen molar-refractivity contribution in [1.82, 2.24) is 0 Å². The van der Waals surface area contributed by atoms with Crippen molar-refractivity contribution < 1.29 is 9.66 Å². The smallest absolute Gasteiger partial charge is 0.261 e. The van der Waals surface area contributed by atoms with Crippen LogP contribution in [0.2, 0.25) is 0 Å². The van der Waals surface area contributed by atoms with Crippen molar-refractivity contribution in [3.05, 3.63) is 106 Å². The van der Waals surface area contributed by atoms with Crippen LogP contribution in [0.15, 0.2) is 84.9 Å². The lowest BCUT2D eigenvalue weighted by molar-refractivity contribution is -0.532. The van der Waals surface area contributed by atoms with Crippen molar-refractivity contribution >= 4 is 5.69 Å². The van der Waals surface area contributed by atoms with Gasteiger partial charge in [0.25, 0.3) is 6.04 Å². The molecule has 0 amide bonds. The van der Waals surface area contributed by atoms with E-state index in [-0.39, 0.29) is 4.92 Å². The van der Waals surface area contributed by atoms with Crippen LogP contribution in [-0.4, -0.2) is 12.0 Å². The van der Waals surface area contributed by atoms with E-state index in [9.17, 15) is 10.1 Å². The van der Waals surface area contributed by atoms with Crippen LogP contribution < -0.4 is 10.1 Å². The maximum atomic E-state index is 12.0. The number of nitrogens with one attached hydrogen (secondary N) is 1. The van der Waals surface area contributed by atoms with Crippen LogP contribution >= 0.6 is 0 Å². The van der Waals surface area contributed by atoms with Crippen LogP contribution in [0.25, 0.3) is 0 Å². The Morgan fingerprint density at radius 2 is 1.38 bits per heavy atom. The third-order valence-electron chi connectivity index (χ3n) is 4.25. The van der Waals surface area contributed by atoms with Crippen molar-refractivity contribution in [3.63, 3.8) is 0 Å². The first kappa shape index (κ1) is 17.5. The van der Waals surface area contributed by atoms with Crippen molar-refractivity contribution in [2.45, 2.75) is 12.1 Å². The number of anilines is 1. The lowest BCUT2D eigenvalue weighted by Gasteiger charge is -2.24. The van der Waals surface area contributed by atoms with Crippen LogP contribution in [0.4, 0.5) is 5.69 Å². The summed E-state index contributed by atoms with van der Waals surface area (Å²) in [6.45, 7) is 0. The van der Waals surface area contributed by atoms with Crippen molar-refractivity contribution in [2.24, 2.45) is 0 Å². The quantitative estimate of drug-likeness (QED) is 0.489. The van der Waals surface area contributed by atoms with Crippen LogP contribution in [0.5, 0.6) is 5.75 Å². The molecule has 132 valence electrons. The predicted molar refractivity (Wildman–Crippen MR) is 102 cm³/mol. The highest BCUT2D eigenvalue weighted by Crippen LogP contribution is 2.34. The summed E-state index contributed by atoms with van der Waals surface area (Å²) in [5.74, 6) is 0.737. The molecule has 0 radical (unpaired) electrons. The number of ether oxygens (including phenoxy) is 1. The summed E-state index contributed by atoms with van der Waals surface area (Å²) in [5, 5.41) is 15.3. The minimum absolute atomic E-state index is 0.233. The zero-order valence-corrected chi connectivity index (χ0v) is 14.4. The molecule has 0 bridgehead atoms. The van der Waals surface area contributed by atoms with Gasteiger partial charge in [0.15, 0.2) is 0 Å². The highest BCUT2D eigenvalue weighted by atomic mass is 16.6. The molecule has 0 aliphatic rings. The first-order valence-corrected chi connectivity index (χ1v) is 8.33. The Hall–Kier alpha value is -3.34. The highest BCUT2D eigenvalue weighted by molar-refractivity contribution is 5.49. The van der Waals surface area contributed by atoms with E-state index >= 15 is 0 Å². The van der Waals surface area contributed by atoms with Gasteiger partial charge in [-0.05, 0) is 29.8 Å². The molecule has 0 saturated heterocycles. The highest BCUT2D eigenvalue weighted by Gasteiger charge is 2.34. The molecule has 0 aliphatic heterocycles. The van der Waals surface area contributed by atoms with Gasteiger partial charge in [-0.25, -0.2) is 0 Å². The minimum Gasteiger partial charge on any atom is -0.497 e. The lowest BCUT2D eigenvalue weighted by Crippen LogP contribution is -2.25. The zero-order valence-electron chi connectivity index (χ0n) is 14.4. The van der Waals surface area contributed by atoms with E-state index in [1.807, 2.05) is 72.8 Å². The van der Waals surface area contributed by atoms with Gasteiger partial charge in [-0.2, -0.15) is 0 Å². The van der Waals surface area contributed by atoms with Crippen LogP contribution in [0.3, 0.4) is 0 Å². The molecular formula is C21H20N2O3. The Morgan fingerprint density at radius 1 is 0.846 bits per heavy atom. The third-order valence-corrected chi connectivity index (χ3v) is 4.25. The number of benzene rings is 3. The SMILES string of the molecule is COc1ccc(NC(c2ccccc2)C(c2ccccc2)[N+](=O)[O-])cc1. The molecular weight excluding hydrogens is 328 g/mol. The molecule has 3 rings (SSSR count). The number of nitro groups is 1. The normalized spacial score (nSPS) is 12.8. The van der Waals surface area contributed by atoms with Crippen LogP contribution in [0, 0.1) is 10.1 Å². The van der Waals surface area contributed by atoms with E-state index in [0.29, 0.717) is 5.56 Å². The van der Waals surface area contributed by atoms with E-state index in [0.717, 1.165) is 17.0 Å². The summed E-state index contributed by atoms with van der Waals surface area (Å²) in [6.07, 6.45) is 0. The Labute approximate surface area is 152 Å². The fourth-order valence-electron chi connectivity index (χ4n) is 2.96. The first-order chi connectivity index (χ1) is 12.7.